The first kappa shape index (κ1) is 30.7. The molecule has 210 valence electrons. The maximum Gasteiger partial charge on any atom is 0.144 e. The highest BCUT2D eigenvalue weighted by Gasteiger charge is 2.38. The second-order valence-electron chi connectivity index (χ2n) is 10.2. The van der Waals surface area contributed by atoms with E-state index >= 15 is 0 Å². The van der Waals surface area contributed by atoms with E-state index in [0.29, 0.717) is 13.2 Å². The van der Waals surface area contributed by atoms with Gasteiger partial charge >= 0.3 is 0 Å². The quantitative estimate of drug-likeness (QED) is 0.0830. The summed E-state index contributed by atoms with van der Waals surface area (Å²) in [5.74, 6) is 0. The molecule has 0 radical (unpaired) electrons. The average Bonchev–Trinajstić information content (AvgIpc) is 3.00. The van der Waals surface area contributed by atoms with Gasteiger partial charge in [0.1, 0.15) is 11.7 Å². The fourth-order valence-electron chi connectivity index (χ4n) is 4.87. The van der Waals surface area contributed by atoms with E-state index in [2.05, 4.69) is 92.7 Å². The lowest BCUT2D eigenvalue weighted by Gasteiger charge is -2.37. The molecule has 0 spiro atoms. The van der Waals surface area contributed by atoms with Crippen LogP contribution in [0.1, 0.15) is 88.3 Å². The van der Waals surface area contributed by atoms with Crippen LogP contribution < -0.4 is 0 Å². The molecular formula is C36H48O3. The molecule has 0 amide bonds. The van der Waals surface area contributed by atoms with Crippen LogP contribution in [0.5, 0.6) is 0 Å². The van der Waals surface area contributed by atoms with Crippen LogP contribution in [0.25, 0.3) is 0 Å². The van der Waals surface area contributed by atoms with Crippen LogP contribution in [0.2, 0.25) is 0 Å². The highest BCUT2D eigenvalue weighted by molar-refractivity contribution is 5.47. The van der Waals surface area contributed by atoms with Crippen molar-refractivity contribution < 1.29 is 14.2 Å². The van der Waals surface area contributed by atoms with Crippen molar-refractivity contribution in [1.29, 1.82) is 0 Å². The number of ether oxygens (including phenoxy) is 3. The van der Waals surface area contributed by atoms with Gasteiger partial charge in [0.05, 0.1) is 19.5 Å². The standard InChI is InChI=1S/C36H48O3/c1-3-5-7-9-10-20-28-37-30-35(38-29-21-8-6-4-2)31-39-36(32-22-14-11-15-23-32,33-24-16-12-17-25-33)34-26-18-13-19-27-34/h11-19,21-27,29,35H,3-10,20,28,30-31H2,1-2H3/t35-/m1/s1. The molecule has 0 fully saturated rings. The predicted octanol–water partition coefficient (Wildman–Crippen LogP) is 9.46. The summed E-state index contributed by atoms with van der Waals surface area (Å²) in [6.45, 7) is 6.11. The third kappa shape index (κ3) is 9.98. The maximum absolute atomic E-state index is 7.01. The molecule has 3 nitrogen and oxygen atoms in total. The molecule has 0 bridgehead atoms. The zero-order chi connectivity index (χ0) is 27.4. The summed E-state index contributed by atoms with van der Waals surface area (Å²) in [6, 6.07) is 31.5. The number of benzene rings is 3. The van der Waals surface area contributed by atoms with Gasteiger partial charge in [0.25, 0.3) is 0 Å². The minimum Gasteiger partial charge on any atom is -0.494 e. The van der Waals surface area contributed by atoms with Crippen LogP contribution in [0.3, 0.4) is 0 Å². The molecule has 0 aliphatic heterocycles. The van der Waals surface area contributed by atoms with Gasteiger partial charge in [-0.3, -0.25) is 0 Å². The SMILES string of the molecule is CCCCC=CO[C@H](COCCCCCCCC)COC(c1ccccc1)(c1ccccc1)c1ccccc1. The number of hydrogen-bond donors (Lipinski definition) is 0. The first-order valence-electron chi connectivity index (χ1n) is 15.0. The van der Waals surface area contributed by atoms with Gasteiger partial charge in [0.15, 0.2) is 0 Å². The van der Waals surface area contributed by atoms with E-state index in [4.69, 9.17) is 14.2 Å². The van der Waals surface area contributed by atoms with E-state index < -0.39 is 5.60 Å². The van der Waals surface area contributed by atoms with Crippen molar-refractivity contribution in [3.8, 4) is 0 Å². The number of rotatable bonds is 20. The van der Waals surface area contributed by atoms with Crippen LogP contribution in [-0.2, 0) is 19.8 Å². The molecule has 0 aromatic heterocycles. The van der Waals surface area contributed by atoms with Crippen LogP contribution in [0, 0.1) is 0 Å². The number of allylic oxidation sites excluding steroid dienone is 1. The van der Waals surface area contributed by atoms with E-state index in [1.165, 1.54) is 38.5 Å². The van der Waals surface area contributed by atoms with Crippen LogP contribution in [0.15, 0.2) is 103 Å². The summed E-state index contributed by atoms with van der Waals surface area (Å²) < 4.78 is 19.4. The van der Waals surface area contributed by atoms with Crippen molar-refractivity contribution >= 4 is 0 Å². The van der Waals surface area contributed by atoms with Gasteiger partial charge < -0.3 is 14.2 Å². The summed E-state index contributed by atoms with van der Waals surface area (Å²) >= 11 is 0. The Bertz CT molecular complexity index is 920. The molecular weight excluding hydrogens is 480 g/mol. The van der Waals surface area contributed by atoms with E-state index in [1.807, 2.05) is 24.5 Å². The van der Waals surface area contributed by atoms with Crippen molar-refractivity contribution in [2.24, 2.45) is 0 Å². The topological polar surface area (TPSA) is 27.7 Å². The third-order valence-corrected chi connectivity index (χ3v) is 7.06. The molecule has 3 rings (SSSR count). The zero-order valence-corrected chi connectivity index (χ0v) is 24.1. The van der Waals surface area contributed by atoms with Gasteiger partial charge in [-0.05, 0) is 42.0 Å². The molecule has 0 N–H and O–H groups in total. The Morgan fingerprint density at radius 1 is 0.615 bits per heavy atom. The van der Waals surface area contributed by atoms with E-state index in [0.717, 1.165) is 42.6 Å². The van der Waals surface area contributed by atoms with E-state index in [1.54, 1.807) is 0 Å². The van der Waals surface area contributed by atoms with Crippen molar-refractivity contribution in [2.45, 2.75) is 83.3 Å². The normalized spacial score (nSPS) is 12.6. The second-order valence-corrected chi connectivity index (χ2v) is 10.2. The van der Waals surface area contributed by atoms with Crippen LogP contribution in [0.4, 0.5) is 0 Å². The second kappa shape index (κ2) is 18.4. The number of unbranched alkanes of at least 4 members (excludes halogenated alkanes) is 7. The Morgan fingerprint density at radius 3 is 1.67 bits per heavy atom. The summed E-state index contributed by atoms with van der Waals surface area (Å²) in [5, 5.41) is 0. The monoisotopic (exact) mass is 528 g/mol. The Morgan fingerprint density at radius 2 is 1.13 bits per heavy atom. The molecule has 1 atom stereocenters. The molecule has 3 aromatic rings. The van der Waals surface area contributed by atoms with Crippen LogP contribution >= 0.6 is 0 Å². The van der Waals surface area contributed by atoms with Gasteiger partial charge in [0.2, 0.25) is 0 Å². The Labute approximate surface area is 237 Å². The molecule has 0 aliphatic rings. The smallest absolute Gasteiger partial charge is 0.144 e. The minimum absolute atomic E-state index is 0.210. The van der Waals surface area contributed by atoms with E-state index in [9.17, 15) is 0 Å². The molecule has 0 aliphatic carbocycles. The summed E-state index contributed by atoms with van der Waals surface area (Å²) in [4.78, 5) is 0. The van der Waals surface area contributed by atoms with Crippen molar-refractivity contribution in [1.82, 2.24) is 0 Å². The first-order chi connectivity index (χ1) is 19.3. The molecule has 39 heavy (non-hydrogen) atoms. The predicted molar refractivity (Wildman–Crippen MR) is 163 cm³/mol. The van der Waals surface area contributed by atoms with Gasteiger partial charge in [-0.25, -0.2) is 0 Å². The highest BCUT2D eigenvalue weighted by atomic mass is 16.6. The van der Waals surface area contributed by atoms with Gasteiger partial charge in [-0.2, -0.15) is 0 Å². The molecule has 0 heterocycles. The third-order valence-electron chi connectivity index (χ3n) is 7.06. The van der Waals surface area contributed by atoms with E-state index in [-0.39, 0.29) is 6.10 Å². The van der Waals surface area contributed by atoms with Crippen LogP contribution in [-0.4, -0.2) is 25.9 Å². The molecule has 3 aromatic carbocycles. The van der Waals surface area contributed by atoms with Gasteiger partial charge in [-0.15, -0.1) is 0 Å². The fraction of sp³-hybridized carbons (Fsp3) is 0.444. The Balaban J connectivity index is 1.79. The lowest BCUT2D eigenvalue weighted by Crippen LogP contribution is -2.37. The highest BCUT2D eigenvalue weighted by Crippen LogP contribution is 2.40. The Kier molecular flexibility index (Phi) is 14.5. The van der Waals surface area contributed by atoms with Crippen molar-refractivity contribution in [2.75, 3.05) is 19.8 Å². The van der Waals surface area contributed by atoms with Gasteiger partial charge in [0, 0.05) is 6.61 Å². The van der Waals surface area contributed by atoms with Gasteiger partial charge in [-0.1, -0.05) is 143 Å². The first-order valence-corrected chi connectivity index (χ1v) is 15.0. The van der Waals surface area contributed by atoms with Crippen molar-refractivity contribution in [3.63, 3.8) is 0 Å². The maximum atomic E-state index is 7.01. The molecule has 3 heteroatoms. The average molecular weight is 529 g/mol. The van der Waals surface area contributed by atoms with Crippen molar-refractivity contribution in [3.05, 3.63) is 120 Å². The summed E-state index contributed by atoms with van der Waals surface area (Å²) in [6.07, 6.45) is 14.6. The number of hydrogen-bond acceptors (Lipinski definition) is 3. The molecule has 0 saturated heterocycles. The Hall–Kier alpha value is -2.88. The minimum atomic E-state index is -0.767. The largest absolute Gasteiger partial charge is 0.494 e. The zero-order valence-electron chi connectivity index (χ0n) is 24.1. The lowest BCUT2D eigenvalue weighted by molar-refractivity contribution is -0.0685. The molecule has 0 saturated carbocycles. The summed E-state index contributed by atoms with van der Waals surface area (Å²) in [7, 11) is 0. The lowest BCUT2D eigenvalue weighted by atomic mass is 9.80. The molecule has 0 unspecified atom stereocenters. The summed E-state index contributed by atoms with van der Waals surface area (Å²) in [5.41, 5.74) is 2.50. The fourth-order valence-corrected chi connectivity index (χ4v) is 4.87.